The summed E-state index contributed by atoms with van der Waals surface area (Å²) >= 11 is 12.8. The Morgan fingerprint density at radius 2 is 1.97 bits per heavy atom. The van der Waals surface area contributed by atoms with Gasteiger partial charge in [0.05, 0.1) is 26.7 Å². The normalized spacial score (nSPS) is 13.5. The molecule has 0 aliphatic carbocycles. The van der Waals surface area contributed by atoms with Crippen LogP contribution < -0.4 is 4.74 Å². The predicted molar refractivity (Wildman–Crippen MR) is 120 cm³/mol. The number of rotatable bonds is 5. The third-order valence-corrected chi connectivity index (χ3v) is 6.13. The molecule has 0 saturated heterocycles. The van der Waals surface area contributed by atoms with Gasteiger partial charge in [0.1, 0.15) is 28.5 Å². The second-order valence-electron chi connectivity index (χ2n) is 7.45. The standard InChI is InChI=1S/C21H21Cl2N3O2S/c1-13(26-29(27)21(2,3)4)16-9-14-10-17(22)19(11-18(14)25-20(16)23)28-12-15-7-5-6-8-24-15/h5-11H,12H2,1-4H3/b26-13+. The Morgan fingerprint density at radius 3 is 2.62 bits per heavy atom. The van der Waals surface area contributed by atoms with Crippen molar-refractivity contribution in [2.45, 2.75) is 39.0 Å². The van der Waals surface area contributed by atoms with Crippen LogP contribution in [0.4, 0.5) is 0 Å². The molecule has 0 radical (unpaired) electrons. The summed E-state index contributed by atoms with van der Waals surface area (Å²) in [4.78, 5) is 8.68. The van der Waals surface area contributed by atoms with E-state index in [2.05, 4.69) is 14.4 Å². The fourth-order valence-corrected chi connectivity index (χ4v) is 3.59. The first-order valence-electron chi connectivity index (χ1n) is 8.95. The number of ether oxygens (including phenoxy) is 1. The van der Waals surface area contributed by atoms with Crippen molar-refractivity contribution in [3.8, 4) is 5.75 Å². The number of halogens is 2. The molecular formula is C21H21Cl2N3O2S. The van der Waals surface area contributed by atoms with Crippen molar-refractivity contribution in [1.82, 2.24) is 9.97 Å². The van der Waals surface area contributed by atoms with E-state index in [-0.39, 0.29) is 5.15 Å². The minimum Gasteiger partial charge on any atom is -0.486 e. The van der Waals surface area contributed by atoms with Crippen molar-refractivity contribution in [2.75, 3.05) is 0 Å². The summed E-state index contributed by atoms with van der Waals surface area (Å²) in [5.74, 6) is 0.500. The fraction of sp³-hybridized carbons (Fsp3) is 0.286. The molecule has 0 bridgehead atoms. The van der Waals surface area contributed by atoms with Crippen molar-refractivity contribution >= 4 is 50.8 Å². The highest BCUT2D eigenvalue weighted by molar-refractivity contribution is 7.85. The minimum absolute atomic E-state index is 0.280. The van der Waals surface area contributed by atoms with Crippen LogP contribution in [0.3, 0.4) is 0 Å². The van der Waals surface area contributed by atoms with E-state index in [1.807, 2.05) is 45.0 Å². The lowest BCUT2D eigenvalue weighted by Crippen LogP contribution is -2.20. The highest BCUT2D eigenvalue weighted by Gasteiger charge is 2.20. The number of nitrogens with zero attached hydrogens (tertiary/aromatic N) is 3. The molecule has 2 aromatic heterocycles. The molecule has 0 amide bonds. The summed E-state index contributed by atoms with van der Waals surface area (Å²) in [5, 5.41) is 1.52. The predicted octanol–water partition coefficient (Wildman–Crippen LogP) is 5.79. The molecule has 152 valence electrons. The van der Waals surface area contributed by atoms with Crippen molar-refractivity contribution in [3.63, 3.8) is 0 Å². The van der Waals surface area contributed by atoms with Gasteiger partial charge in [-0.25, -0.2) is 9.19 Å². The van der Waals surface area contributed by atoms with Gasteiger partial charge in [-0.05, 0) is 52.0 Å². The van der Waals surface area contributed by atoms with Crippen LogP contribution in [-0.4, -0.2) is 24.6 Å². The van der Waals surface area contributed by atoms with E-state index < -0.39 is 15.7 Å². The molecule has 0 spiro atoms. The number of hydrogen-bond donors (Lipinski definition) is 0. The topological polar surface area (TPSA) is 64.4 Å². The van der Waals surface area contributed by atoms with Crippen molar-refractivity contribution in [1.29, 1.82) is 0 Å². The SMILES string of the molecule is C/C(=N\S(=O)C(C)(C)C)c1cc2cc(Cl)c(OCc3ccccn3)cc2nc1Cl. The van der Waals surface area contributed by atoms with Crippen LogP contribution in [0.5, 0.6) is 5.75 Å². The zero-order valence-corrected chi connectivity index (χ0v) is 18.9. The maximum atomic E-state index is 12.3. The largest absolute Gasteiger partial charge is 0.486 e. The van der Waals surface area contributed by atoms with E-state index in [1.165, 1.54) is 0 Å². The zero-order valence-electron chi connectivity index (χ0n) is 16.6. The van der Waals surface area contributed by atoms with Crippen LogP contribution in [0.1, 0.15) is 39.0 Å². The lowest BCUT2D eigenvalue weighted by Gasteiger charge is -2.15. The molecule has 2 heterocycles. The average Bonchev–Trinajstić information content (AvgIpc) is 2.66. The molecule has 0 aliphatic rings. The second-order valence-corrected chi connectivity index (χ2v) is 10.1. The van der Waals surface area contributed by atoms with Crippen LogP contribution in [0.15, 0.2) is 47.0 Å². The summed E-state index contributed by atoms with van der Waals surface area (Å²) in [6, 6.07) is 11.0. The lowest BCUT2D eigenvalue weighted by atomic mass is 10.1. The number of aromatic nitrogens is 2. The van der Waals surface area contributed by atoms with E-state index in [1.54, 1.807) is 25.3 Å². The van der Waals surface area contributed by atoms with Gasteiger partial charge in [-0.1, -0.05) is 29.3 Å². The Labute approximate surface area is 182 Å². The van der Waals surface area contributed by atoms with Gasteiger partial charge in [-0.3, -0.25) is 4.98 Å². The summed E-state index contributed by atoms with van der Waals surface area (Å²) in [5.41, 5.74) is 2.62. The molecule has 0 saturated carbocycles. The van der Waals surface area contributed by atoms with E-state index in [4.69, 9.17) is 27.9 Å². The van der Waals surface area contributed by atoms with Gasteiger partial charge in [-0.2, -0.15) is 4.40 Å². The Kier molecular flexibility index (Phi) is 6.56. The first-order chi connectivity index (χ1) is 13.6. The Hall–Kier alpha value is -2.02. The molecule has 29 heavy (non-hydrogen) atoms. The summed E-state index contributed by atoms with van der Waals surface area (Å²) < 4.78 is 22.0. The Balaban J connectivity index is 1.92. The quantitative estimate of drug-likeness (QED) is 0.365. The van der Waals surface area contributed by atoms with Crippen LogP contribution in [-0.2, 0) is 17.6 Å². The van der Waals surface area contributed by atoms with Crippen LogP contribution in [0.25, 0.3) is 10.9 Å². The van der Waals surface area contributed by atoms with Gasteiger partial charge in [0, 0.05) is 23.2 Å². The molecule has 1 atom stereocenters. The van der Waals surface area contributed by atoms with Crippen LogP contribution >= 0.6 is 23.2 Å². The van der Waals surface area contributed by atoms with E-state index in [0.29, 0.717) is 34.2 Å². The molecule has 1 unspecified atom stereocenters. The molecular weight excluding hydrogens is 429 g/mol. The van der Waals surface area contributed by atoms with Crippen molar-refractivity contribution < 1.29 is 8.95 Å². The summed E-state index contributed by atoms with van der Waals surface area (Å²) in [6.45, 7) is 7.66. The van der Waals surface area contributed by atoms with Crippen LogP contribution in [0, 0.1) is 0 Å². The van der Waals surface area contributed by atoms with E-state index >= 15 is 0 Å². The highest BCUT2D eigenvalue weighted by Crippen LogP contribution is 2.32. The van der Waals surface area contributed by atoms with Gasteiger partial charge in [0.15, 0.2) is 0 Å². The second kappa shape index (κ2) is 8.78. The minimum atomic E-state index is -1.39. The zero-order chi connectivity index (χ0) is 21.2. The Morgan fingerprint density at radius 1 is 1.21 bits per heavy atom. The molecule has 5 nitrogen and oxygen atoms in total. The molecule has 0 N–H and O–H groups in total. The van der Waals surface area contributed by atoms with Gasteiger partial charge < -0.3 is 4.74 Å². The lowest BCUT2D eigenvalue weighted by molar-refractivity contribution is 0.302. The molecule has 8 heteroatoms. The summed E-state index contributed by atoms with van der Waals surface area (Å²) in [7, 11) is -1.39. The molecule has 1 aromatic carbocycles. The smallest absolute Gasteiger partial charge is 0.145 e. The first kappa shape index (κ1) is 21.7. The van der Waals surface area contributed by atoms with E-state index in [9.17, 15) is 4.21 Å². The van der Waals surface area contributed by atoms with E-state index in [0.717, 1.165) is 11.1 Å². The average molecular weight is 450 g/mol. The number of pyridine rings is 2. The first-order valence-corrected chi connectivity index (χ1v) is 10.8. The molecule has 3 aromatic rings. The third-order valence-electron chi connectivity index (χ3n) is 4.06. The molecule has 3 rings (SSSR count). The van der Waals surface area contributed by atoms with Gasteiger partial charge in [-0.15, -0.1) is 0 Å². The van der Waals surface area contributed by atoms with Crippen molar-refractivity contribution in [3.05, 3.63) is 64.0 Å². The number of hydrogen-bond acceptors (Lipinski definition) is 4. The van der Waals surface area contributed by atoms with Crippen LogP contribution in [0.2, 0.25) is 10.2 Å². The number of benzene rings is 1. The monoisotopic (exact) mass is 449 g/mol. The van der Waals surface area contributed by atoms with Gasteiger partial charge in [0.2, 0.25) is 0 Å². The maximum Gasteiger partial charge on any atom is 0.145 e. The van der Waals surface area contributed by atoms with Gasteiger partial charge in [0.25, 0.3) is 0 Å². The maximum absolute atomic E-state index is 12.3. The fourth-order valence-electron chi connectivity index (χ4n) is 2.46. The summed E-state index contributed by atoms with van der Waals surface area (Å²) in [6.07, 6.45) is 1.71. The third kappa shape index (κ3) is 5.32. The molecule has 0 aliphatic heterocycles. The Bertz CT molecular complexity index is 1100. The number of fused-ring (bicyclic) bond motifs is 1. The van der Waals surface area contributed by atoms with Crippen molar-refractivity contribution in [2.24, 2.45) is 4.40 Å². The van der Waals surface area contributed by atoms with Gasteiger partial charge >= 0.3 is 0 Å². The highest BCUT2D eigenvalue weighted by atomic mass is 35.5. The molecule has 0 fully saturated rings.